The molecule has 0 radical (unpaired) electrons. The van der Waals surface area contributed by atoms with Crippen LogP contribution in [0.15, 0.2) is 23.2 Å². The molecule has 1 fully saturated rings. The number of pyridine rings is 1. The molecule has 0 saturated carbocycles. The lowest BCUT2D eigenvalue weighted by atomic mass is 9.99. The Morgan fingerprint density at radius 1 is 1.04 bits per heavy atom. The molecular formula is C19H33N3O3S. The number of rotatable bonds is 5. The summed E-state index contributed by atoms with van der Waals surface area (Å²) in [5.74, 6) is 0.772. The summed E-state index contributed by atoms with van der Waals surface area (Å²) >= 11 is 0. The van der Waals surface area contributed by atoms with E-state index in [1.165, 1.54) is 10.5 Å². The summed E-state index contributed by atoms with van der Waals surface area (Å²) in [4.78, 5) is 6.85. The standard InChI is InChI=1S/C19H33N3O3S/c1-14(2)22(15(3)4)26(23,24)16-9-10-17(20-11-16)21-12-18(5,6)25-19(7,8)13-21/h9-11,14-15H,12-13H2,1-8H3. The van der Waals surface area contributed by atoms with Gasteiger partial charge < -0.3 is 9.64 Å². The highest BCUT2D eigenvalue weighted by atomic mass is 32.2. The molecule has 6 nitrogen and oxygen atoms in total. The van der Waals surface area contributed by atoms with Crippen LogP contribution in [0.4, 0.5) is 5.82 Å². The second-order valence-corrected chi connectivity index (χ2v) is 10.7. The van der Waals surface area contributed by atoms with Gasteiger partial charge in [0.1, 0.15) is 10.7 Å². The first-order chi connectivity index (χ1) is 11.8. The zero-order valence-corrected chi connectivity index (χ0v) is 18.1. The van der Waals surface area contributed by atoms with E-state index in [9.17, 15) is 8.42 Å². The number of aromatic nitrogens is 1. The topological polar surface area (TPSA) is 62.7 Å². The van der Waals surface area contributed by atoms with Gasteiger partial charge in [0.25, 0.3) is 0 Å². The lowest BCUT2D eigenvalue weighted by Crippen LogP contribution is -2.57. The second-order valence-electron chi connectivity index (χ2n) is 8.85. The van der Waals surface area contributed by atoms with E-state index >= 15 is 0 Å². The van der Waals surface area contributed by atoms with E-state index in [0.717, 1.165) is 5.82 Å². The molecule has 0 aliphatic carbocycles. The normalized spacial score (nSPS) is 20.2. The Balaban J connectivity index is 2.31. The molecule has 1 saturated heterocycles. The molecular weight excluding hydrogens is 350 g/mol. The third-order valence-electron chi connectivity index (χ3n) is 4.33. The number of morpholine rings is 1. The summed E-state index contributed by atoms with van der Waals surface area (Å²) < 4.78 is 33.5. The summed E-state index contributed by atoms with van der Waals surface area (Å²) in [5, 5.41) is 0. The molecule has 148 valence electrons. The van der Waals surface area contributed by atoms with Gasteiger partial charge in [0.05, 0.1) is 11.2 Å². The van der Waals surface area contributed by atoms with Crippen molar-refractivity contribution in [2.45, 2.75) is 83.6 Å². The third-order valence-corrected chi connectivity index (χ3v) is 6.57. The lowest BCUT2D eigenvalue weighted by Gasteiger charge is -2.47. The van der Waals surface area contributed by atoms with E-state index in [1.807, 2.05) is 27.7 Å². The highest BCUT2D eigenvalue weighted by Gasteiger charge is 2.38. The van der Waals surface area contributed by atoms with Gasteiger partial charge in [0, 0.05) is 31.4 Å². The minimum atomic E-state index is -3.57. The number of ether oxygens (including phenoxy) is 1. The maximum atomic E-state index is 13.0. The molecule has 1 aliphatic rings. The fourth-order valence-corrected chi connectivity index (χ4v) is 5.71. The highest BCUT2D eigenvalue weighted by Crippen LogP contribution is 2.31. The van der Waals surface area contributed by atoms with Crippen LogP contribution in [0.3, 0.4) is 0 Å². The minimum Gasteiger partial charge on any atom is -0.366 e. The Hall–Kier alpha value is -1.18. The van der Waals surface area contributed by atoms with Crippen LogP contribution >= 0.6 is 0 Å². The van der Waals surface area contributed by atoms with Gasteiger partial charge in [-0.1, -0.05) is 0 Å². The van der Waals surface area contributed by atoms with Crippen molar-refractivity contribution in [2.75, 3.05) is 18.0 Å². The van der Waals surface area contributed by atoms with Crippen LogP contribution in [0.1, 0.15) is 55.4 Å². The molecule has 0 unspecified atom stereocenters. The zero-order valence-electron chi connectivity index (χ0n) is 17.3. The van der Waals surface area contributed by atoms with Gasteiger partial charge in [-0.15, -0.1) is 0 Å². The number of nitrogens with zero attached hydrogens (tertiary/aromatic N) is 3. The molecule has 7 heteroatoms. The van der Waals surface area contributed by atoms with Crippen LogP contribution in [0, 0.1) is 0 Å². The average Bonchev–Trinajstić information content (AvgIpc) is 2.42. The Kier molecular flexibility index (Phi) is 5.76. The number of hydrogen-bond acceptors (Lipinski definition) is 5. The van der Waals surface area contributed by atoms with Crippen molar-refractivity contribution in [1.29, 1.82) is 0 Å². The second kappa shape index (κ2) is 7.09. The molecule has 1 aromatic rings. The smallest absolute Gasteiger partial charge is 0.245 e. The largest absolute Gasteiger partial charge is 0.366 e. The van der Waals surface area contributed by atoms with Gasteiger partial charge in [-0.3, -0.25) is 0 Å². The number of anilines is 1. The lowest BCUT2D eigenvalue weighted by molar-refractivity contribution is -0.133. The van der Waals surface area contributed by atoms with Gasteiger partial charge >= 0.3 is 0 Å². The van der Waals surface area contributed by atoms with Gasteiger partial charge in [-0.25, -0.2) is 13.4 Å². The SMILES string of the molecule is CC(C)N(C(C)C)S(=O)(=O)c1ccc(N2CC(C)(C)OC(C)(C)C2)nc1. The van der Waals surface area contributed by atoms with Crippen LogP contribution in [-0.2, 0) is 14.8 Å². The van der Waals surface area contributed by atoms with Gasteiger partial charge in [-0.2, -0.15) is 4.31 Å². The first-order valence-corrected chi connectivity index (χ1v) is 10.6. The van der Waals surface area contributed by atoms with E-state index in [-0.39, 0.29) is 28.2 Å². The van der Waals surface area contributed by atoms with E-state index in [4.69, 9.17) is 4.74 Å². The van der Waals surface area contributed by atoms with Crippen molar-refractivity contribution in [1.82, 2.24) is 9.29 Å². The molecule has 0 aromatic carbocycles. The Morgan fingerprint density at radius 2 is 1.54 bits per heavy atom. The van der Waals surface area contributed by atoms with Crippen molar-refractivity contribution in [3.8, 4) is 0 Å². The predicted molar refractivity (Wildman–Crippen MR) is 105 cm³/mol. The third kappa shape index (κ3) is 4.56. The Bertz CT molecular complexity index is 701. The summed E-state index contributed by atoms with van der Waals surface area (Å²) in [6, 6.07) is 3.23. The fraction of sp³-hybridized carbons (Fsp3) is 0.737. The van der Waals surface area contributed by atoms with E-state index in [1.54, 1.807) is 12.1 Å². The summed E-state index contributed by atoms with van der Waals surface area (Å²) in [7, 11) is -3.57. The zero-order chi connectivity index (χ0) is 19.9. The molecule has 1 aromatic heterocycles. The predicted octanol–water partition coefficient (Wildman–Crippen LogP) is 3.28. The molecule has 1 aliphatic heterocycles. The minimum absolute atomic E-state index is 0.111. The molecule has 0 amide bonds. The Labute approximate surface area is 158 Å². The Morgan fingerprint density at radius 3 is 1.92 bits per heavy atom. The molecule has 0 N–H and O–H groups in total. The van der Waals surface area contributed by atoms with Crippen LogP contribution in [-0.4, -0.2) is 54.1 Å². The highest BCUT2D eigenvalue weighted by molar-refractivity contribution is 7.89. The monoisotopic (exact) mass is 383 g/mol. The fourth-order valence-electron chi connectivity index (χ4n) is 3.93. The van der Waals surface area contributed by atoms with E-state index < -0.39 is 10.0 Å². The molecule has 2 rings (SSSR count). The summed E-state index contributed by atoms with van der Waals surface area (Å²) in [6.07, 6.45) is 1.47. The van der Waals surface area contributed by atoms with Crippen molar-refractivity contribution in [2.24, 2.45) is 0 Å². The van der Waals surface area contributed by atoms with Crippen LogP contribution in [0.25, 0.3) is 0 Å². The molecule has 0 spiro atoms. The first-order valence-electron chi connectivity index (χ1n) is 9.20. The maximum absolute atomic E-state index is 13.0. The van der Waals surface area contributed by atoms with Crippen LogP contribution in [0.2, 0.25) is 0 Å². The molecule has 2 heterocycles. The van der Waals surface area contributed by atoms with Crippen molar-refractivity contribution in [3.05, 3.63) is 18.3 Å². The first kappa shape index (κ1) is 21.1. The van der Waals surface area contributed by atoms with Crippen molar-refractivity contribution in [3.63, 3.8) is 0 Å². The van der Waals surface area contributed by atoms with Gasteiger partial charge in [-0.05, 0) is 67.5 Å². The quantitative estimate of drug-likeness (QED) is 0.781. The van der Waals surface area contributed by atoms with Crippen LogP contribution < -0.4 is 4.90 Å². The van der Waals surface area contributed by atoms with E-state index in [0.29, 0.717) is 13.1 Å². The van der Waals surface area contributed by atoms with Crippen LogP contribution in [0.5, 0.6) is 0 Å². The molecule has 0 bridgehead atoms. The van der Waals surface area contributed by atoms with Gasteiger partial charge in [0.15, 0.2) is 0 Å². The molecule has 26 heavy (non-hydrogen) atoms. The van der Waals surface area contributed by atoms with Crippen molar-refractivity contribution < 1.29 is 13.2 Å². The summed E-state index contributed by atoms with van der Waals surface area (Å²) in [6.45, 7) is 17.2. The van der Waals surface area contributed by atoms with Crippen molar-refractivity contribution >= 4 is 15.8 Å². The average molecular weight is 384 g/mol. The summed E-state index contributed by atoms with van der Waals surface area (Å²) in [5.41, 5.74) is -0.583. The molecule has 0 atom stereocenters. The number of sulfonamides is 1. The van der Waals surface area contributed by atoms with E-state index in [2.05, 4.69) is 37.6 Å². The van der Waals surface area contributed by atoms with Gasteiger partial charge in [0.2, 0.25) is 10.0 Å². The number of hydrogen-bond donors (Lipinski definition) is 0. The maximum Gasteiger partial charge on any atom is 0.245 e.